The second kappa shape index (κ2) is 8.60. The van der Waals surface area contributed by atoms with Gasteiger partial charge in [-0.1, -0.05) is 53.3 Å². The van der Waals surface area contributed by atoms with Crippen molar-refractivity contribution >= 4 is 55.7 Å². The maximum atomic E-state index is 12.4. The van der Waals surface area contributed by atoms with Crippen molar-refractivity contribution in [3.05, 3.63) is 70.2 Å². The van der Waals surface area contributed by atoms with E-state index in [0.29, 0.717) is 11.4 Å². The Bertz CT molecular complexity index is 1160. The fourth-order valence-electron chi connectivity index (χ4n) is 2.33. The van der Waals surface area contributed by atoms with E-state index >= 15 is 0 Å². The average Bonchev–Trinajstić information content (AvgIpc) is 3.02. The Balaban J connectivity index is 1.69. The van der Waals surface area contributed by atoms with Crippen LogP contribution in [-0.2, 0) is 10.0 Å². The molecule has 3 rings (SSSR count). The van der Waals surface area contributed by atoms with E-state index in [9.17, 15) is 18.0 Å². The van der Waals surface area contributed by atoms with Crippen LogP contribution in [0, 0.1) is 6.92 Å². The molecule has 0 aliphatic heterocycles. The average molecular weight is 451 g/mol. The predicted octanol–water partition coefficient (Wildman–Crippen LogP) is 3.87. The number of sulfonamides is 1. The molecule has 0 aliphatic carbocycles. The molecular weight excluding hydrogens is 436 g/mol. The van der Waals surface area contributed by atoms with Crippen LogP contribution >= 0.6 is 22.9 Å². The molecule has 1 heterocycles. The van der Waals surface area contributed by atoms with E-state index < -0.39 is 16.1 Å². The monoisotopic (exact) mass is 450 g/mol. The highest BCUT2D eigenvalue weighted by Gasteiger charge is 2.22. The first kappa shape index (κ1) is 20.8. The molecule has 0 unspecified atom stereocenters. The first-order valence-electron chi connectivity index (χ1n) is 8.18. The van der Waals surface area contributed by atoms with Gasteiger partial charge in [-0.2, -0.15) is 0 Å². The highest BCUT2D eigenvalue weighted by Crippen LogP contribution is 2.24. The molecule has 3 amide bonds. The van der Waals surface area contributed by atoms with Crippen LogP contribution in [0.25, 0.3) is 0 Å². The molecule has 8 nitrogen and oxygen atoms in total. The van der Waals surface area contributed by atoms with Crippen molar-refractivity contribution in [3.8, 4) is 0 Å². The molecule has 2 aromatic carbocycles. The van der Waals surface area contributed by atoms with Crippen molar-refractivity contribution in [2.45, 2.75) is 11.8 Å². The Kier molecular flexibility index (Phi) is 6.16. The standard InChI is InChI=1S/C18H15ClN4O4S2/c1-11-15(16(24)21-12-7-3-2-4-8-12)28-18(20-11)22-17(25)23-29(26,27)14-10-6-5-9-13(14)19/h2-10H,1H3,(H,21,24)(H2,20,22,23,25). The van der Waals surface area contributed by atoms with Crippen molar-refractivity contribution in [1.29, 1.82) is 0 Å². The molecule has 1 aromatic heterocycles. The number of para-hydroxylation sites is 1. The molecule has 0 atom stereocenters. The van der Waals surface area contributed by atoms with Crippen molar-refractivity contribution in [3.63, 3.8) is 0 Å². The predicted molar refractivity (Wildman–Crippen MR) is 112 cm³/mol. The first-order valence-corrected chi connectivity index (χ1v) is 10.9. The number of hydrogen-bond acceptors (Lipinski definition) is 6. The van der Waals surface area contributed by atoms with Crippen LogP contribution in [-0.4, -0.2) is 25.3 Å². The highest BCUT2D eigenvalue weighted by molar-refractivity contribution is 7.90. The molecule has 3 N–H and O–H groups in total. The third-order valence-corrected chi connectivity index (χ3v) is 6.51. The summed E-state index contributed by atoms with van der Waals surface area (Å²) in [6.07, 6.45) is 0. The van der Waals surface area contributed by atoms with Crippen LogP contribution in [0.2, 0.25) is 5.02 Å². The van der Waals surface area contributed by atoms with E-state index in [0.717, 1.165) is 11.3 Å². The van der Waals surface area contributed by atoms with Crippen molar-refractivity contribution in [1.82, 2.24) is 9.71 Å². The van der Waals surface area contributed by atoms with Crippen LogP contribution in [0.5, 0.6) is 0 Å². The maximum Gasteiger partial charge on any atom is 0.334 e. The van der Waals surface area contributed by atoms with Gasteiger partial charge in [-0.25, -0.2) is 22.9 Å². The van der Waals surface area contributed by atoms with E-state index in [2.05, 4.69) is 15.6 Å². The lowest BCUT2D eigenvalue weighted by atomic mass is 10.3. The van der Waals surface area contributed by atoms with Crippen LogP contribution < -0.4 is 15.4 Å². The van der Waals surface area contributed by atoms with Crippen LogP contribution in [0.3, 0.4) is 0 Å². The topological polar surface area (TPSA) is 117 Å². The number of carbonyl (C=O) groups is 2. The number of rotatable bonds is 5. The minimum atomic E-state index is -4.17. The molecule has 11 heteroatoms. The summed E-state index contributed by atoms with van der Waals surface area (Å²) in [5, 5.41) is 5.11. The van der Waals surface area contributed by atoms with Crippen LogP contribution in [0.4, 0.5) is 15.6 Å². The third-order valence-electron chi connectivity index (χ3n) is 3.61. The van der Waals surface area contributed by atoms with Crippen molar-refractivity contribution in [2.75, 3.05) is 10.6 Å². The van der Waals surface area contributed by atoms with Gasteiger partial charge in [0.1, 0.15) is 9.77 Å². The van der Waals surface area contributed by atoms with Crippen LogP contribution in [0.15, 0.2) is 59.5 Å². The second-order valence-corrected chi connectivity index (χ2v) is 8.80. The molecule has 0 radical (unpaired) electrons. The normalized spacial score (nSPS) is 11.0. The van der Waals surface area contributed by atoms with E-state index in [1.165, 1.54) is 18.2 Å². The van der Waals surface area contributed by atoms with Gasteiger partial charge in [0.15, 0.2) is 5.13 Å². The molecule has 0 aliphatic rings. The fourth-order valence-corrected chi connectivity index (χ4v) is 4.62. The summed E-state index contributed by atoms with van der Waals surface area (Å²) >= 11 is 6.80. The van der Waals surface area contributed by atoms with Gasteiger partial charge in [-0.3, -0.25) is 10.1 Å². The minimum Gasteiger partial charge on any atom is -0.321 e. The number of halogens is 1. The third kappa shape index (κ3) is 5.11. The number of anilines is 2. The number of aromatic nitrogens is 1. The Hall–Kier alpha value is -2.95. The maximum absolute atomic E-state index is 12.4. The second-order valence-electron chi connectivity index (χ2n) is 5.74. The van der Waals surface area contributed by atoms with Gasteiger partial charge in [-0.15, -0.1) is 0 Å². The molecule has 29 heavy (non-hydrogen) atoms. The van der Waals surface area contributed by atoms with Gasteiger partial charge < -0.3 is 5.32 Å². The summed E-state index contributed by atoms with van der Waals surface area (Å²) < 4.78 is 26.5. The SMILES string of the molecule is Cc1nc(NC(=O)NS(=O)(=O)c2ccccc2Cl)sc1C(=O)Nc1ccccc1. The molecule has 0 saturated carbocycles. The van der Waals surface area contributed by atoms with Gasteiger partial charge in [-0.05, 0) is 31.2 Å². The summed E-state index contributed by atoms with van der Waals surface area (Å²) in [6.45, 7) is 1.61. The van der Waals surface area contributed by atoms with Gasteiger partial charge in [0.05, 0.1) is 10.7 Å². The molecule has 0 spiro atoms. The van der Waals surface area contributed by atoms with Crippen molar-refractivity contribution in [2.24, 2.45) is 0 Å². The number of nitrogens with one attached hydrogen (secondary N) is 3. The molecule has 150 valence electrons. The lowest BCUT2D eigenvalue weighted by Crippen LogP contribution is -2.34. The number of carbonyl (C=O) groups excluding carboxylic acids is 2. The zero-order chi connectivity index (χ0) is 21.0. The zero-order valence-corrected chi connectivity index (χ0v) is 17.4. The van der Waals surface area contributed by atoms with Gasteiger partial charge in [0.25, 0.3) is 15.9 Å². The number of hydrogen-bond donors (Lipinski definition) is 3. The summed E-state index contributed by atoms with van der Waals surface area (Å²) in [5.74, 6) is -0.386. The Morgan fingerprint density at radius 2 is 1.66 bits per heavy atom. The number of benzene rings is 2. The summed E-state index contributed by atoms with van der Waals surface area (Å²) in [6, 6.07) is 13.6. The molecule has 0 saturated heterocycles. The molecule has 0 fully saturated rings. The minimum absolute atomic E-state index is 0.0160. The first-order chi connectivity index (χ1) is 13.8. The van der Waals surface area contributed by atoms with Gasteiger partial charge >= 0.3 is 6.03 Å². The zero-order valence-electron chi connectivity index (χ0n) is 15.0. The number of urea groups is 1. The Morgan fingerprint density at radius 3 is 2.34 bits per heavy atom. The molecule has 0 bridgehead atoms. The van der Waals surface area contributed by atoms with E-state index in [1.54, 1.807) is 37.3 Å². The highest BCUT2D eigenvalue weighted by atomic mass is 35.5. The Morgan fingerprint density at radius 1 is 1.00 bits per heavy atom. The van der Waals surface area contributed by atoms with E-state index in [4.69, 9.17) is 11.6 Å². The number of amides is 3. The summed E-state index contributed by atoms with van der Waals surface area (Å²) in [5.41, 5.74) is 1.01. The number of aryl methyl sites for hydroxylation is 1. The van der Waals surface area contributed by atoms with E-state index in [1.807, 2.05) is 10.8 Å². The lowest BCUT2D eigenvalue weighted by Gasteiger charge is -2.08. The van der Waals surface area contributed by atoms with Crippen molar-refractivity contribution < 1.29 is 18.0 Å². The Labute approximate surface area is 176 Å². The van der Waals surface area contributed by atoms with E-state index in [-0.39, 0.29) is 25.8 Å². The number of nitrogens with zero attached hydrogens (tertiary/aromatic N) is 1. The lowest BCUT2D eigenvalue weighted by molar-refractivity contribution is 0.102. The number of thiazole rings is 1. The van der Waals surface area contributed by atoms with Gasteiger partial charge in [0, 0.05) is 5.69 Å². The summed E-state index contributed by atoms with van der Waals surface area (Å²) in [4.78, 5) is 28.7. The molecule has 3 aromatic rings. The summed E-state index contributed by atoms with van der Waals surface area (Å²) in [7, 11) is -4.17. The quantitative estimate of drug-likeness (QED) is 0.545. The fraction of sp³-hybridized carbons (Fsp3) is 0.0556. The molecular formula is C18H15ClN4O4S2. The van der Waals surface area contributed by atoms with Gasteiger partial charge in [0.2, 0.25) is 0 Å². The van der Waals surface area contributed by atoms with Crippen LogP contribution in [0.1, 0.15) is 15.4 Å². The smallest absolute Gasteiger partial charge is 0.321 e. The largest absolute Gasteiger partial charge is 0.334 e.